The number of ether oxygens (including phenoxy) is 1. The van der Waals surface area contributed by atoms with E-state index in [9.17, 15) is 14.5 Å². The molecule has 0 saturated carbocycles. The first kappa shape index (κ1) is 16.4. The summed E-state index contributed by atoms with van der Waals surface area (Å²) in [7, 11) is -4.70. The lowest BCUT2D eigenvalue weighted by Gasteiger charge is -2.16. The average molecular weight is 342 g/mol. The molecule has 0 amide bonds. The number of anilines is 1. The molecule has 21 heavy (non-hydrogen) atoms. The number of hydrogen-bond acceptors (Lipinski definition) is 7. The van der Waals surface area contributed by atoms with E-state index in [4.69, 9.17) is 31.9 Å². The maximum atomic E-state index is 11.7. The maximum absolute atomic E-state index is 11.7. The van der Waals surface area contributed by atoms with Gasteiger partial charge in [-0.3, -0.25) is 9.09 Å². The lowest BCUT2D eigenvalue weighted by atomic mass is 10.2. The number of hydrogen-bond donors (Lipinski definition) is 4. The molecule has 2 rings (SSSR count). The van der Waals surface area contributed by atoms with Crippen molar-refractivity contribution < 1.29 is 28.7 Å². The Labute approximate surface area is 123 Å². The third-order valence-corrected chi connectivity index (χ3v) is 3.79. The van der Waals surface area contributed by atoms with Crippen LogP contribution in [0.15, 0.2) is 17.1 Å². The van der Waals surface area contributed by atoms with Crippen molar-refractivity contribution in [3.05, 3.63) is 22.7 Å². The van der Waals surface area contributed by atoms with E-state index in [1.165, 1.54) is 12.3 Å². The molecule has 5 N–H and O–H groups in total. The molecule has 0 spiro atoms. The van der Waals surface area contributed by atoms with Gasteiger partial charge in [0.05, 0.1) is 6.61 Å². The third-order valence-electron chi connectivity index (χ3n) is 2.83. The molecule has 0 aliphatic carbocycles. The number of phosphoric acid groups is 1. The summed E-state index contributed by atoms with van der Waals surface area (Å²) < 4.78 is 21.3. The second kappa shape index (κ2) is 6.01. The lowest BCUT2D eigenvalue weighted by molar-refractivity contribution is -0.0449. The fourth-order valence-electron chi connectivity index (χ4n) is 1.86. The molecule has 1 aromatic rings. The van der Waals surface area contributed by atoms with Gasteiger partial charge in [0, 0.05) is 6.20 Å². The predicted molar refractivity (Wildman–Crippen MR) is 70.5 cm³/mol. The average Bonchev–Trinajstić information content (AvgIpc) is 2.64. The fourth-order valence-corrected chi connectivity index (χ4v) is 2.54. The van der Waals surface area contributed by atoms with Crippen LogP contribution < -0.4 is 11.4 Å². The molecule has 10 nitrogen and oxygen atoms in total. The normalized spacial score (nSPS) is 29.7. The van der Waals surface area contributed by atoms with E-state index in [-0.39, 0.29) is 5.82 Å². The Kier molecular flexibility index (Phi) is 4.69. The van der Waals surface area contributed by atoms with Gasteiger partial charge in [-0.15, -0.1) is 11.6 Å². The van der Waals surface area contributed by atoms with Crippen LogP contribution in [0.4, 0.5) is 5.82 Å². The van der Waals surface area contributed by atoms with Gasteiger partial charge in [-0.25, -0.2) is 9.36 Å². The zero-order chi connectivity index (χ0) is 15.8. The highest BCUT2D eigenvalue weighted by Gasteiger charge is 2.44. The van der Waals surface area contributed by atoms with Gasteiger partial charge in [-0.1, -0.05) is 0 Å². The van der Waals surface area contributed by atoms with Crippen molar-refractivity contribution in [3.8, 4) is 0 Å². The van der Waals surface area contributed by atoms with E-state index in [0.29, 0.717) is 0 Å². The van der Waals surface area contributed by atoms with E-state index < -0.39 is 43.9 Å². The molecule has 0 aromatic carbocycles. The highest BCUT2D eigenvalue weighted by atomic mass is 35.5. The molecule has 1 aliphatic rings. The third kappa shape index (κ3) is 3.80. The molecule has 1 fully saturated rings. The van der Waals surface area contributed by atoms with Crippen LogP contribution in [0, 0.1) is 0 Å². The van der Waals surface area contributed by atoms with E-state index in [1.54, 1.807) is 0 Å². The van der Waals surface area contributed by atoms with E-state index in [2.05, 4.69) is 9.51 Å². The van der Waals surface area contributed by atoms with Crippen LogP contribution in [0.1, 0.15) is 6.23 Å². The lowest BCUT2D eigenvalue weighted by Crippen LogP contribution is -2.33. The second-order valence-corrected chi connectivity index (χ2v) is 6.07. The Morgan fingerprint density at radius 2 is 2.24 bits per heavy atom. The van der Waals surface area contributed by atoms with Crippen LogP contribution in [-0.4, -0.2) is 48.6 Å². The molecule has 2 heterocycles. The fraction of sp³-hybridized carbons (Fsp3) is 0.556. The number of aromatic nitrogens is 2. The Bertz CT molecular complexity index is 620. The molecule has 118 valence electrons. The number of nitrogen functional groups attached to an aromatic ring is 1. The molecule has 0 bridgehead atoms. The van der Waals surface area contributed by atoms with Crippen LogP contribution in [0.2, 0.25) is 0 Å². The molecule has 1 aromatic heterocycles. The number of aliphatic hydroxyl groups excluding tert-OH is 1. The van der Waals surface area contributed by atoms with Crippen molar-refractivity contribution in [3.63, 3.8) is 0 Å². The molecule has 0 radical (unpaired) electrons. The Morgan fingerprint density at radius 1 is 1.57 bits per heavy atom. The van der Waals surface area contributed by atoms with Crippen LogP contribution in [-0.2, 0) is 13.8 Å². The van der Waals surface area contributed by atoms with Gasteiger partial charge < -0.3 is 25.4 Å². The van der Waals surface area contributed by atoms with E-state index >= 15 is 0 Å². The molecule has 1 aliphatic heterocycles. The smallest absolute Gasteiger partial charge is 0.389 e. The van der Waals surface area contributed by atoms with E-state index in [0.717, 1.165) is 4.57 Å². The SMILES string of the molecule is Nc1ccn([C@@H]2O[C@H](COP(=O)(O)O)C(O)C2Cl)c(=O)n1. The minimum Gasteiger partial charge on any atom is -0.389 e. The summed E-state index contributed by atoms with van der Waals surface area (Å²) >= 11 is 5.98. The van der Waals surface area contributed by atoms with Crippen LogP contribution in [0.5, 0.6) is 0 Å². The van der Waals surface area contributed by atoms with Crippen molar-refractivity contribution in [2.75, 3.05) is 12.3 Å². The number of aliphatic hydroxyl groups is 1. The number of alkyl halides is 1. The molecule has 2 unspecified atom stereocenters. The van der Waals surface area contributed by atoms with Gasteiger partial charge in [0.25, 0.3) is 0 Å². The number of nitrogens with two attached hydrogens (primary N) is 1. The Morgan fingerprint density at radius 3 is 2.81 bits per heavy atom. The van der Waals surface area contributed by atoms with Crippen LogP contribution >= 0.6 is 19.4 Å². The first-order chi connectivity index (χ1) is 9.69. The number of nitrogens with zero attached hydrogens (tertiary/aromatic N) is 2. The van der Waals surface area contributed by atoms with Crippen molar-refractivity contribution in [2.45, 2.75) is 23.8 Å². The predicted octanol–water partition coefficient (Wildman–Crippen LogP) is -1.20. The van der Waals surface area contributed by atoms with Crippen LogP contribution in [0.25, 0.3) is 0 Å². The van der Waals surface area contributed by atoms with Gasteiger partial charge >= 0.3 is 13.5 Å². The van der Waals surface area contributed by atoms with Crippen molar-refractivity contribution >= 4 is 25.2 Å². The van der Waals surface area contributed by atoms with Crippen molar-refractivity contribution in [1.82, 2.24) is 9.55 Å². The standard InChI is InChI=1S/C9H13ClN3O7P/c10-6-7(14)4(3-19-21(16,17)18)20-8(6)13-2-1-5(11)12-9(13)15/h1-2,4,6-8,14H,3H2,(H2,11,12,15)(H2,16,17,18)/t4-,6?,7?,8-/m1/s1. The van der Waals surface area contributed by atoms with Gasteiger partial charge in [0.15, 0.2) is 6.23 Å². The summed E-state index contributed by atoms with van der Waals surface area (Å²) in [5.41, 5.74) is 4.63. The molecule has 1 saturated heterocycles. The molecular formula is C9H13ClN3O7P. The molecular weight excluding hydrogens is 329 g/mol. The summed E-state index contributed by atoms with van der Waals surface area (Å²) in [4.78, 5) is 32.5. The van der Waals surface area contributed by atoms with Gasteiger partial charge in [-0.05, 0) is 6.07 Å². The van der Waals surface area contributed by atoms with Gasteiger partial charge in [-0.2, -0.15) is 4.98 Å². The summed E-state index contributed by atoms with van der Waals surface area (Å²) in [6.45, 7) is -0.581. The number of phosphoric ester groups is 1. The molecule has 4 atom stereocenters. The quantitative estimate of drug-likeness (QED) is 0.390. The zero-order valence-corrected chi connectivity index (χ0v) is 12.1. The first-order valence-corrected chi connectivity index (χ1v) is 7.68. The monoisotopic (exact) mass is 341 g/mol. The zero-order valence-electron chi connectivity index (χ0n) is 10.4. The number of halogens is 1. The largest absolute Gasteiger partial charge is 0.469 e. The first-order valence-electron chi connectivity index (χ1n) is 5.71. The maximum Gasteiger partial charge on any atom is 0.469 e. The van der Waals surface area contributed by atoms with Crippen molar-refractivity contribution in [2.24, 2.45) is 0 Å². The highest BCUT2D eigenvalue weighted by Crippen LogP contribution is 2.39. The summed E-state index contributed by atoms with van der Waals surface area (Å²) in [6, 6.07) is 1.35. The van der Waals surface area contributed by atoms with Gasteiger partial charge in [0.1, 0.15) is 23.4 Å². The topological polar surface area (TPSA) is 157 Å². The summed E-state index contributed by atoms with van der Waals surface area (Å²) in [6.07, 6.45) is -2.15. The van der Waals surface area contributed by atoms with Gasteiger partial charge in [0.2, 0.25) is 0 Å². The van der Waals surface area contributed by atoms with Crippen LogP contribution in [0.3, 0.4) is 0 Å². The Balaban J connectivity index is 2.16. The summed E-state index contributed by atoms with van der Waals surface area (Å²) in [5.74, 6) is 0.0160. The van der Waals surface area contributed by atoms with E-state index in [1.807, 2.05) is 0 Å². The molecule has 12 heteroatoms. The minimum atomic E-state index is -4.70. The summed E-state index contributed by atoms with van der Waals surface area (Å²) in [5, 5.41) is 8.85. The highest BCUT2D eigenvalue weighted by molar-refractivity contribution is 7.46. The Hall–Kier alpha value is -1.00. The minimum absolute atomic E-state index is 0.0160. The second-order valence-electron chi connectivity index (χ2n) is 4.33. The van der Waals surface area contributed by atoms with Crippen molar-refractivity contribution in [1.29, 1.82) is 0 Å². The number of rotatable bonds is 4.